The summed E-state index contributed by atoms with van der Waals surface area (Å²) in [4.78, 5) is 44.4. The molecule has 1 atom stereocenters. The highest BCUT2D eigenvalue weighted by atomic mass is 19.4. The van der Waals surface area contributed by atoms with Crippen LogP contribution in [0.4, 0.5) is 31.1 Å². The number of urea groups is 1. The molecule has 0 N–H and O–H groups in total. The minimum Gasteiger partial charge on any atom is -0.344 e. The Labute approximate surface area is 239 Å². The highest BCUT2D eigenvalue weighted by Crippen LogP contribution is 2.36. The number of carbonyl (C=O) groups excluding carboxylic acids is 3. The molecule has 2 aromatic carbocycles. The van der Waals surface area contributed by atoms with Gasteiger partial charge in [0.05, 0.1) is 11.1 Å². The smallest absolute Gasteiger partial charge is 0.344 e. The first-order valence-corrected chi connectivity index (χ1v) is 13.6. The number of alkyl halides is 6. The summed E-state index contributed by atoms with van der Waals surface area (Å²) in [5.41, 5.74) is -2.27. The number of nitrogens with zero attached hydrogens (tertiary/aromatic N) is 4. The Hall–Kier alpha value is -3.61. The third-order valence-corrected chi connectivity index (χ3v) is 7.89. The molecule has 0 unspecified atom stereocenters. The predicted octanol–water partition coefficient (Wildman–Crippen LogP) is 5.21. The van der Waals surface area contributed by atoms with Crippen LogP contribution in [0.3, 0.4) is 0 Å². The minimum absolute atomic E-state index is 0.0841. The minimum atomic E-state index is -4.95. The van der Waals surface area contributed by atoms with E-state index in [1.54, 1.807) is 35.2 Å². The maximum atomic E-state index is 13.7. The molecule has 2 heterocycles. The van der Waals surface area contributed by atoms with E-state index >= 15 is 0 Å². The van der Waals surface area contributed by atoms with Crippen LogP contribution in [-0.4, -0.2) is 83.8 Å². The molecule has 4 amide bonds. The number of hydrogen-bond donors (Lipinski definition) is 0. The van der Waals surface area contributed by atoms with Gasteiger partial charge in [-0.15, -0.1) is 0 Å². The highest BCUT2D eigenvalue weighted by molar-refractivity contribution is 5.96. The number of piperidine rings is 1. The molecule has 2 aliphatic rings. The van der Waals surface area contributed by atoms with Crippen LogP contribution >= 0.6 is 0 Å². The number of rotatable bonds is 7. The van der Waals surface area contributed by atoms with Crippen molar-refractivity contribution in [3.63, 3.8) is 0 Å². The third-order valence-electron chi connectivity index (χ3n) is 7.89. The lowest BCUT2D eigenvalue weighted by atomic mass is 9.96. The summed E-state index contributed by atoms with van der Waals surface area (Å²) in [6.07, 6.45) is -8.73. The van der Waals surface area contributed by atoms with Gasteiger partial charge in [0.25, 0.3) is 0 Å². The van der Waals surface area contributed by atoms with Gasteiger partial charge < -0.3 is 9.80 Å². The molecule has 42 heavy (non-hydrogen) atoms. The van der Waals surface area contributed by atoms with Crippen molar-refractivity contribution in [3.8, 4) is 0 Å². The predicted molar refractivity (Wildman–Crippen MR) is 141 cm³/mol. The van der Waals surface area contributed by atoms with E-state index in [0.29, 0.717) is 50.2 Å². The van der Waals surface area contributed by atoms with Gasteiger partial charge in [-0.05, 0) is 48.6 Å². The lowest BCUT2D eigenvalue weighted by Gasteiger charge is -2.43. The number of carbonyl (C=O) groups is 3. The Balaban J connectivity index is 1.48. The monoisotopic (exact) mass is 598 g/mol. The average Bonchev–Trinajstić information content (AvgIpc) is 2.95. The number of hydrogen-bond acceptors (Lipinski definition) is 4. The second kappa shape index (κ2) is 12.3. The van der Waals surface area contributed by atoms with Crippen LogP contribution in [0.2, 0.25) is 0 Å². The van der Waals surface area contributed by atoms with Crippen molar-refractivity contribution in [3.05, 3.63) is 70.8 Å². The molecule has 228 valence electrons. The van der Waals surface area contributed by atoms with Crippen LogP contribution in [0.1, 0.15) is 47.6 Å². The van der Waals surface area contributed by atoms with Crippen LogP contribution in [0.25, 0.3) is 0 Å². The Morgan fingerprint density at radius 2 is 1.50 bits per heavy atom. The molecule has 2 aliphatic heterocycles. The molecule has 13 heteroatoms. The summed E-state index contributed by atoms with van der Waals surface area (Å²) in [6.45, 7) is 1.17. The van der Waals surface area contributed by atoms with E-state index in [9.17, 15) is 40.7 Å². The Morgan fingerprint density at radius 1 is 0.929 bits per heavy atom. The number of halogens is 6. The first-order valence-electron chi connectivity index (χ1n) is 13.6. The van der Waals surface area contributed by atoms with Crippen LogP contribution < -0.4 is 0 Å². The number of benzene rings is 2. The molecule has 0 bridgehead atoms. The van der Waals surface area contributed by atoms with Crippen molar-refractivity contribution in [2.24, 2.45) is 0 Å². The summed E-state index contributed by atoms with van der Waals surface area (Å²) in [5.74, 6) is -0.576. The van der Waals surface area contributed by atoms with Crippen molar-refractivity contribution in [2.45, 2.75) is 50.1 Å². The van der Waals surface area contributed by atoms with Crippen molar-refractivity contribution >= 4 is 17.8 Å². The van der Waals surface area contributed by atoms with Crippen LogP contribution in [0.5, 0.6) is 0 Å². The molecule has 2 saturated heterocycles. The Bertz CT molecular complexity index is 1260. The van der Waals surface area contributed by atoms with Crippen molar-refractivity contribution in [2.75, 3.05) is 40.3 Å². The third kappa shape index (κ3) is 7.05. The lowest BCUT2D eigenvalue weighted by molar-refractivity contribution is -0.143. The molecule has 0 spiro atoms. The van der Waals surface area contributed by atoms with E-state index in [0.717, 1.165) is 4.90 Å². The van der Waals surface area contributed by atoms with Crippen LogP contribution in [-0.2, 0) is 28.4 Å². The standard InChI is InChI=1S/C29H32F6N4O3/c1-36(12-8-19-16-21(28(30,31)32)18-22(17-19)29(33,34)35)26(41)25(20-6-4-3-5-7-20)38-13-9-23(10-14-38)39-15-11-24(40)37(2)27(39)42/h3-7,16-18,23,25H,8-15H2,1-2H3/t25-/m0/s1. The molecule has 0 aromatic heterocycles. The second-order valence-corrected chi connectivity index (χ2v) is 10.7. The molecule has 2 fully saturated rings. The molecular formula is C29H32F6N4O3. The Morgan fingerprint density at radius 3 is 2.05 bits per heavy atom. The van der Waals surface area contributed by atoms with Gasteiger partial charge in [-0.1, -0.05) is 30.3 Å². The highest BCUT2D eigenvalue weighted by Gasteiger charge is 2.39. The second-order valence-electron chi connectivity index (χ2n) is 10.7. The number of amides is 4. The fourth-order valence-electron chi connectivity index (χ4n) is 5.50. The normalized spacial score (nSPS) is 18.4. The van der Waals surface area contributed by atoms with E-state index in [1.807, 2.05) is 4.90 Å². The quantitative estimate of drug-likeness (QED) is 0.411. The number of imide groups is 1. The van der Waals surface area contributed by atoms with Gasteiger partial charge in [0.1, 0.15) is 6.04 Å². The van der Waals surface area contributed by atoms with E-state index in [-0.39, 0.29) is 54.9 Å². The molecule has 2 aromatic rings. The van der Waals surface area contributed by atoms with E-state index in [1.165, 1.54) is 19.0 Å². The summed E-state index contributed by atoms with van der Waals surface area (Å²) in [6, 6.07) is 9.21. The van der Waals surface area contributed by atoms with E-state index in [2.05, 4.69) is 0 Å². The zero-order chi connectivity index (χ0) is 30.8. The summed E-state index contributed by atoms with van der Waals surface area (Å²) >= 11 is 0. The zero-order valence-electron chi connectivity index (χ0n) is 23.2. The molecule has 4 rings (SSSR count). The van der Waals surface area contributed by atoms with Gasteiger partial charge in [-0.3, -0.25) is 19.4 Å². The lowest BCUT2D eigenvalue weighted by Crippen LogP contribution is -2.57. The van der Waals surface area contributed by atoms with Gasteiger partial charge in [0.15, 0.2) is 0 Å². The summed E-state index contributed by atoms with van der Waals surface area (Å²) in [5, 5.41) is 0. The molecule has 7 nitrogen and oxygen atoms in total. The Kier molecular flexibility index (Phi) is 9.19. The van der Waals surface area contributed by atoms with Gasteiger partial charge in [-0.25, -0.2) is 4.79 Å². The maximum absolute atomic E-state index is 13.7. The van der Waals surface area contributed by atoms with E-state index < -0.39 is 29.5 Å². The maximum Gasteiger partial charge on any atom is 0.416 e. The molecule has 0 aliphatic carbocycles. The molecule has 0 saturated carbocycles. The van der Waals surface area contributed by atoms with Crippen LogP contribution in [0, 0.1) is 0 Å². The van der Waals surface area contributed by atoms with Gasteiger partial charge in [0, 0.05) is 52.7 Å². The molecule has 0 radical (unpaired) electrons. The number of likely N-dealkylation sites (tertiary alicyclic amines) is 1. The SMILES string of the molecule is CN(CCc1cc(C(F)(F)F)cc(C(F)(F)F)c1)C(=O)[C@H](c1ccccc1)N1CCC(N2CCC(=O)N(C)C2=O)CC1. The van der Waals surface area contributed by atoms with Crippen molar-refractivity contribution in [1.82, 2.24) is 19.6 Å². The summed E-state index contributed by atoms with van der Waals surface area (Å²) < 4.78 is 79.7. The summed E-state index contributed by atoms with van der Waals surface area (Å²) in [7, 11) is 2.93. The average molecular weight is 599 g/mol. The first-order chi connectivity index (χ1) is 19.7. The van der Waals surface area contributed by atoms with Gasteiger partial charge in [-0.2, -0.15) is 26.3 Å². The number of likely N-dealkylation sites (N-methyl/N-ethyl adjacent to an activating group) is 1. The zero-order valence-corrected chi connectivity index (χ0v) is 23.2. The van der Waals surface area contributed by atoms with Crippen molar-refractivity contribution < 1.29 is 40.7 Å². The van der Waals surface area contributed by atoms with Crippen LogP contribution in [0.15, 0.2) is 48.5 Å². The fraction of sp³-hybridized carbons (Fsp3) is 0.483. The topological polar surface area (TPSA) is 64.2 Å². The van der Waals surface area contributed by atoms with Crippen molar-refractivity contribution in [1.29, 1.82) is 0 Å². The first kappa shape index (κ1) is 31.3. The fourth-order valence-corrected chi connectivity index (χ4v) is 5.50. The largest absolute Gasteiger partial charge is 0.416 e. The van der Waals surface area contributed by atoms with Gasteiger partial charge in [0.2, 0.25) is 11.8 Å². The molecular weight excluding hydrogens is 566 g/mol. The van der Waals surface area contributed by atoms with E-state index in [4.69, 9.17) is 0 Å². The van der Waals surface area contributed by atoms with Gasteiger partial charge >= 0.3 is 18.4 Å².